The van der Waals surface area contributed by atoms with Crippen LogP contribution >= 0.6 is 0 Å². The van der Waals surface area contributed by atoms with Crippen molar-refractivity contribution in [3.63, 3.8) is 0 Å². The Labute approximate surface area is 94.0 Å². The van der Waals surface area contributed by atoms with Crippen LogP contribution in [0.25, 0.3) is 0 Å². The van der Waals surface area contributed by atoms with Crippen LogP contribution < -0.4 is 5.73 Å². The molecule has 0 radical (unpaired) electrons. The molecule has 1 saturated heterocycles. The highest BCUT2D eigenvalue weighted by atomic mass is 16.5. The van der Waals surface area contributed by atoms with Crippen LogP contribution in [0, 0.1) is 5.92 Å². The van der Waals surface area contributed by atoms with E-state index in [0.29, 0.717) is 6.04 Å². The fraction of sp³-hybridized carbons (Fsp3) is 1.00. The van der Waals surface area contributed by atoms with Crippen LogP contribution in [-0.2, 0) is 4.74 Å². The Morgan fingerprint density at radius 3 is 2.53 bits per heavy atom. The summed E-state index contributed by atoms with van der Waals surface area (Å²) < 4.78 is 5.38. The zero-order chi connectivity index (χ0) is 11.1. The number of nitrogens with zero attached hydrogens (tertiary/aromatic N) is 1. The minimum absolute atomic E-state index is 0.638. The predicted octanol–water partition coefficient (Wildman–Crippen LogP) is 1.47. The maximum atomic E-state index is 5.56. The van der Waals surface area contributed by atoms with Crippen molar-refractivity contribution in [2.75, 3.05) is 32.8 Å². The van der Waals surface area contributed by atoms with E-state index < -0.39 is 0 Å². The molecule has 1 aliphatic rings. The molecular weight excluding hydrogens is 188 g/mol. The van der Waals surface area contributed by atoms with Crippen LogP contribution in [0.4, 0.5) is 0 Å². The molecule has 0 atom stereocenters. The maximum Gasteiger partial charge on any atom is 0.0469 e. The Bertz CT molecular complexity index is 156. The van der Waals surface area contributed by atoms with E-state index in [1.807, 2.05) is 0 Å². The Balaban J connectivity index is 2.28. The van der Waals surface area contributed by atoms with Gasteiger partial charge in [-0.1, -0.05) is 0 Å². The third-order valence-electron chi connectivity index (χ3n) is 3.21. The zero-order valence-electron chi connectivity index (χ0n) is 10.2. The minimum Gasteiger partial charge on any atom is -0.381 e. The average Bonchev–Trinajstić information content (AvgIpc) is 2.25. The first-order valence-electron chi connectivity index (χ1n) is 6.26. The number of ether oxygens (including phenoxy) is 1. The van der Waals surface area contributed by atoms with Gasteiger partial charge < -0.3 is 15.4 Å². The van der Waals surface area contributed by atoms with Crippen LogP contribution in [0.5, 0.6) is 0 Å². The van der Waals surface area contributed by atoms with Crippen molar-refractivity contribution in [1.29, 1.82) is 0 Å². The molecule has 0 aromatic heterocycles. The largest absolute Gasteiger partial charge is 0.381 e. The molecule has 0 saturated carbocycles. The van der Waals surface area contributed by atoms with E-state index in [-0.39, 0.29) is 0 Å². The number of hydrogen-bond donors (Lipinski definition) is 1. The summed E-state index contributed by atoms with van der Waals surface area (Å²) in [5.74, 6) is 0.832. The fourth-order valence-corrected chi connectivity index (χ4v) is 2.12. The molecule has 15 heavy (non-hydrogen) atoms. The molecule has 3 nitrogen and oxygen atoms in total. The molecule has 1 aliphatic heterocycles. The second-order valence-corrected chi connectivity index (χ2v) is 4.79. The second kappa shape index (κ2) is 7.20. The van der Waals surface area contributed by atoms with Crippen molar-refractivity contribution < 1.29 is 4.74 Å². The van der Waals surface area contributed by atoms with Gasteiger partial charge in [-0.15, -0.1) is 0 Å². The monoisotopic (exact) mass is 214 g/mol. The summed E-state index contributed by atoms with van der Waals surface area (Å²) in [7, 11) is 0. The Kier molecular flexibility index (Phi) is 6.22. The first kappa shape index (κ1) is 12.9. The normalized spacial score (nSPS) is 19.0. The lowest BCUT2D eigenvalue weighted by molar-refractivity contribution is 0.0477. The third-order valence-corrected chi connectivity index (χ3v) is 3.21. The summed E-state index contributed by atoms with van der Waals surface area (Å²) in [5, 5.41) is 0. The van der Waals surface area contributed by atoms with Crippen molar-refractivity contribution >= 4 is 0 Å². The van der Waals surface area contributed by atoms with Gasteiger partial charge in [-0.2, -0.15) is 0 Å². The quantitative estimate of drug-likeness (QED) is 0.728. The van der Waals surface area contributed by atoms with Crippen molar-refractivity contribution in [2.45, 2.75) is 39.2 Å². The van der Waals surface area contributed by atoms with E-state index in [4.69, 9.17) is 10.5 Å². The molecule has 0 unspecified atom stereocenters. The minimum atomic E-state index is 0.638. The summed E-state index contributed by atoms with van der Waals surface area (Å²) in [6.45, 7) is 9.62. The zero-order valence-corrected chi connectivity index (χ0v) is 10.2. The van der Waals surface area contributed by atoms with Crippen LogP contribution in [0.3, 0.4) is 0 Å². The van der Waals surface area contributed by atoms with Gasteiger partial charge >= 0.3 is 0 Å². The average molecular weight is 214 g/mol. The lowest BCUT2D eigenvalue weighted by Crippen LogP contribution is -2.38. The number of rotatable bonds is 6. The first-order chi connectivity index (χ1) is 7.24. The van der Waals surface area contributed by atoms with Gasteiger partial charge in [0.2, 0.25) is 0 Å². The first-order valence-corrected chi connectivity index (χ1v) is 6.26. The van der Waals surface area contributed by atoms with Gasteiger partial charge in [-0.05, 0) is 52.1 Å². The van der Waals surface area contributed by atoms with Crippen molar-refractivity contribution in [2.24, 2.45) is 11.7 Å². The lowest BCUT2D eigenvalue weighted by Gasteiger charge is -2.32. The highest BCUT2D eigenvalue weighted by Crippen LogP contribution is 2.17. The summed E-state index contributed by atoms with van der Waals surface area (Å²) in [5.41, 5.74) is 5.56. The lowest BCUT2D eigenvalue weighted by atomic mass is 9.99. The molecule has 2 N–H and O–H groups in total. The van der Waals surface area contributed by atoms with Gasteiger partial charge in [0, 0.05) is 25.8 Å². The van der Waals surface area contributed by atoms with Gasteiger partial charge in [0.25, 0.3) is 0 Å². The van der Waals surface area contributed by atoms with Crippen LogP contribution in [0.15, 0.2) is 0 Å². The van der Waals surface area contributed by atoms with Crippen molar-refractivity contribution in [3.8, 4) is 0 Å². The van der Waals surface area contributed by atoms with E-state index in [2.05, 4.69) is 18.7 Å². The predicted molar refractivity (Wildman–Crippen MR) is 63.9 cm³/mol. The molecule has 0 amide bonds. The SMILES string of the molecule is CC(C)N(CCCN)CC1CCOCC1. The summed E-state index contributed by atoms with van der Waals surface area (Å²) in [6, 6.07) is 0.638. The van der Waals surface area contributed by atoms with Crippen LogP contribution in [0.1, 0.15) is 33.1 Å². The van der Waals surface area contributed by atoms with E-state index in [9.17, 15) is 0 Å². The van der Waals surface area contributed by atoms with Crippen LogP contribution in [0.2, 0.25) is 0 Å². The molecule has 0 aromatic rings. The number of hydrogen-bond acceptors (Lipinski definition) is 3. The topological polar surface area (TPSA) is 38.5 Å². The van der Waals surface area contributed by atoms with E-state index in [1.165, 1.54) is 19.4 Å². The Morgan fingerprint density at radius 1 is 1.33 bits per heavy atom. The van der Waals surface area contributed by atoms with Crippen molar-refractivity contribution in [3.05, 3.63) is 0 Å². The summed E-state index contributed by atoms with van der Waals surface area (Å²) >= 11 is 0. The Hall–Kier alpha value is -0.120. The molecule has 1 fully saturated rings. The smallest absolute Gasteiger partial charge is 0.0469 e. The van der Waals surface area contributed by atoms with Gasteiger partial charge in [-0.3, -0.25) is 0 Å². The summed E-state index contributed by atoms with van der Waals surface area (Å²) in [6.07, 6.45) is 3.57. The van der Waals surface area contributed by atoms with Gasteiger partial charge in [0.15, 0.2) is 0 Å². The summed E-state index contributed by atoms with van der Waals surface area (Å²) in [4.78, 5) is 2.56. The fourth-order valence-electron chi connectivity index (χ4n) is 2.12. The van der Waals surface area contributed by atoms with Gasteiger partial charge in [-0.25, -0.2) is 0 Å². The highest BCUT2D eigenvalue weighted by Gasteiger charge is 2.18. The molecule has 3 heteroatoms. The Morgan fingerprint density at radius 2 is 2.00 bits per heavy atom. The standard InChI is InChI=1S/C12H26N2O/c1-11(2)14(7-3-6-13)10-12-4-8-15-9-5-12/h11-12H,3-10,13H2,1-2H3. The number of nitrogens with two attached hydrogens (primary N) is 1. The second-order valence-electron chi connectivity index (χ2n) is 4.79. The maximum absolute atomic E-state index is 5.56. The molecular formula is C12H26N2O. The van der Waals surface area contributed by atoms with Crippen molar-refractivity contribution in [1.82, 2.24) is 4.90 Å². The van der Waals surface area contributed by atoms with Gasteiger partial charge in [0.1, 0.15) is 0 Å². The molecule has 1 rings (SSSR count). The molecule has 1 heterocycles. The molecule has 0 aliphatic carbocycles. The van der Waals surface area contributed by atoms with Gasteiger partial charge in [0.05, 0.1) is 0 Å². The highest BCUT2D eigenvalue weighted by molar-refractivity contribution is 4.71. The van der Waals surface area contributed by atoms with E-state index in [0.717, 1.165) is 38.6 Å². The third kappa shape index (κ3) is 4.96. The van der Waals surface area contributed by atoms with Crippen LogP contribution in [-0.4, -0.2) is 43.8 Å². The van der Waals surface area contributed by atoms with E-state index in [1.54, 1.807) is 0 Å². The van der Waals surface area contributed by atoms with E-state index >= 15 is 0 Å². The molecule has 0 bridgehead atoms. The molecule has 90 valence electrons. The molecule has 0 aromatic carbocycles. The molecule has 0 spiro atoms.